The van der Waals surface area contributed by atoms with E-state index in [2.05, 4.69) is 59.4 Å². The fraction of sp³-hybridized carbons (Fsp3) is 0.667. The molecule has 0 bridgehead atoms. The highest BCUT2D eigenvalue weighted by atomic mass is 16.5. The molecule has 1 saturated heterocycles. The summed E-state index contributed by atoms with van der Waals surface area (Å²) in [6.45, 7) is 18.4. The smallest absolute Gasteiger partial charge is 0.191 e. The molecule has 0 radical (unpaired) electrons. The quantitative estimate of drug-likeness (QED) is 0.511. The summed E-state index contributed by atoms with van der Waals surface area (Å²) in [6.07, 6.45) is 0. The van der Waals surface area contributed by atoms with Crippen LogP contribution in [0.1, 0.15) is 31.9 Å². The number of benzene rings is 1. The fourth-order valence-electron chi connectivity index (χ4n) is 3.25. The van der Waals surface area contributed by atoms with E-state index in [4.69, 9.17) is 9.73 Å². The first kappa shape index (κ1) is 21.5. The zero-order chi connectivity index (χ0) is 19.5. The van der Waals surface area contributed by atoms with Crippen molar-refractivity contribution in [3.63, 3.8) is 0 Å². The summed E-state index contributed by atoms with van der Waals surface area (Å²) < 4.78 is 5.77. The van der Waals surface area contributed by atoms with Crippen LogP contribution >= 0.6 is 0 Å². The second-order valence-corrected chi connectivity index (χ2v) is 6.94. The molecule has 2 N–H and O–H groups in total. The van der Waals surface area contributed by atoms with E-state index in [0.29, 0.717) is 13.2 Å². The van der Waals surface area contributed by atoms with Gasteiger partial charge in [0.25, 0.3) is 0 Å². The molecule has 152 valence electrons. The minimum Gasteiger partial charge on any atom is -0.494 e. The molecule has 0 atom stereocenters. The number of rotatable bonds is 9. The summed E-state index contributed by atoms with van der Waals surface area (Å²) in [6, 6.07) is 6.31. The van der Waals surface area contributed by atoms with Gasteiger partial charge in [-0.2, -0.15) is 0 Å². The van der Waals surface area contributed by atoms with Crippen molar-refractivity contribution < 1.29 is 4.74 Å². The molecular weight excluding hydrogens is 338 g/mol. The largest absolute Gasteiger partial charge is 0.494 e. The lowest BCUT2D eigenvalue weighted by Crippen LogP contribution is -2.49. The van der Waals surface area contributed by atoms with Gasteiger partial charge in [0.05, 0.1) is 13.2 Å². The highest BCUT2D eigenvalue weighted by Gasteiger charge is 2.14. The van der Waals surface area contributed by atoms with Crippen molar-refractivity contribution in [3.05, 3.63) is 29.3 Å². The lowest BCUT2D eigenvalue weighted by atomic mass is 10.1. The Morgan fingerprint density at radius 3 is 2.48 bits per heavy atom. The van der Waals surface area contributed by atoms with Crippen molar-refractivity contribution in [1.29, 1.82) is 0 Å². The first-order chi connectivity index (χ1) is 13.2. The maximum atomic E-state index is 5.77. The maximum absolute atomic E-state index is 5.77. The predicted molar refractivity (Wildman–Crippen MR) is 114 cm³/mol. The Labute approximate surface area is 165 Å². The number of nitrogens with zero attached hydrogens (tertiary/aromatic N) is 3. The third-order valence-corrected chi connectivity index (χ3v) is 4.91. The average Bonchev–Trinajstić information content (AvgIpc) is 2.68. The summed E-state index contributed by atoms with van der Waals surface area (Å²) >= 11 is 0. The van der Waals surface area contributed by atoms with Gasteiger partial charge in [-0.3, -0.25) is 4.90 Å². The number of guanidine groups is 1. The molecule has 1 aliphatic heterocycles. The van der Waals surface area contributed by atoms with Gasteiger partial charge in [-0.1, -0.05) is 19.1 Å². The molecule has 6 heteroatoms. The number of ether oxygens (including phenoxy) is 1. The second-order valence-electron chi connectivity index (χ2n) is 6.94. The first-order valence-electron chi connectivity index (χ1n) is 10.4. The molecule has 6 nitrogen and oxygen atoms in total. The number of likely N-dealkylation sites (N-methyl/N-ethyl adjacent to an activating group) is 1. The lowest BCUT2D eigenvalue weighted by Gasteiger charge is -2.34. The standard InChI is InChI=1S/C21H37N5O/c1-5-22-21(23-10-11-26-14-12-25(6-2)13-15-26)24-17-19-9-8-18(4)16-20(19)27-7-3/h8-9,16H,5-7,10-15,17H2,1-4H3,(H2,22,23,24). The Hall–Kier alpha value is -1.79. The molecule has 0 aliphatic carbocycles. The van der Waals surface area contributed by atoms with Crippen molar-refractivity contribution in [3.8, 4) is 5.75 Å². The Balaban J connectivity index is 1.85. The normalized spacial score (nSPS) is 16.4. The van der Waals surface area contributed by atoms with Gasteiger partial charge in [-0.05, 0) is 38.9 Å². The molecule has 1 aromatic rings. The summed E-state index contributed by atoms with van der Waals surface area (Å²) in [5.41, 5.74) is 2.33. The average molecular weight is 376 g/mol. The van der Waals surface area contributed by atoms with E-state index in [-0.39, 0.29) is 0 Å². The third kappa shape index (κ3) is 7.39. The summed E-state index contributed by atoms with van der Waals surface area (Å²) in [7, 11) is 0. The molecule has 27 heavy (non-hydrogen) atoms. The highest BCUT2D eigenvalue weighted by molar-refractivity contribution is 5.79. The molecule has 0 saturated carbocycles. The van der Waals surface area contributed by atoms with Gasteiger partial charge < -0.3 is 20.3 Å². The molecule has 0 amide bonds. The van der Waals surface area contributed by atoms with Gasteiger partial charge in [0.2, 0.25) is 0 Å². The number of aryl methyl sites for hydroxylation is 1. The molecule has 0 aromatic heterocycles. The van der Waals surface area contributed by atoms with E-state index in [1.54, 1.807) is 0 Å². The van der Waals surface area contributed by atoms with Crippen molar-refractivity contribution in [2.24, 2.45) is 4.99 Å². The predicted octanol–water partition coefficient (Wildman–Crippen LogP) is 2.09. The monoisotopic (exact) mass is 375 g/mol. The van der Waals surface area contributed by atoms with E-state index < -0.39 is 0 Å². The second kappa shape index (κ2) is 11.8. The summed E-state index contributed by atoms with van der Waals surface area (Å²) in [4.78, 5) is 9.78. The SMILES string of the molecule is CCNC(=NCc1ccc(C)cc1OCC)NCCN1CCN(CC)CC1. The maximum Gasteiger partial charge on any atom is 0.191 e. The van der Waals surface area contributed by atoms with E-state index in [1.807, 2.05) is 6.92 Å². The summed E-state index contributed by atoms with van der Waals surface area (Å²) in [5, 5.41) is 6.81. The van der Waals surface area contributed by atoms with E-state index in [1.165, 1.54) is 18.7 Å². The highest BCUT2D eigenvalue weighted by Crippen LogP contribution is 2.21. The molecule has 2 rings (SSSR count). The van der Waals surface area contributed by atoms with Gasteiger partial charge in [0.1, 0.15) is 5.75 Å². The van der Waals surface area contributed by atoms with Crippen molar-refractivity contribution in [1.82, 2.24) is 20.4 Å². The first-order valence-corrected chi connectivity index (χ1v) is 10.4. The van der Waals surface area contributed by atoms with Crippen LogP contribution in [-0.2, 0) is 6.54 Å². The van der Waals surface area contributed by atoms with Crippen molar-refractivity contribution >= 4 is 5.96 Å². The van der Waals surface area contributed by atoms with Crippen molar-refractivity contribution in [2.75, 3.05) is 59.0 Å². The number of hydrogen-bond acceptors (Lipinski definition) is 4. The third-order valence-electron chi connectivity index (χ3n) is 4.91. The van der Waals surface area contributed by atoms with Gasteiger partial charge in [0.15, 0.2) is 5.96 Å². The number of hydrogen-bond donors (Lipinski definition) is 2. The lowest BCUT2D eigenvalue weighted by molar-refractivity contribution is 0.139. The number of nitrogens with one attached hydrogen (secondary N) is 2. The van der Waals surface area contributed by atoms with E-state index in [9.17, 15) is 0 Å². The van der Waals surface area contributed by atoms with E-state index >= 15 is 0 Å². The van der Waals surface area contributed by atoms with E-state index in [0.717, 1.165) is 56.5 Å². The van der Waals surface area contributed by atoms with Crippen LogP contribution in [0, 0.1) is 6.92 Å². The fourth-order valence-corrected chi connectivity index (χ4v) is 3.25. The van der Waals surface area contributed by atoms with Gasteiger partial charge >= 0.3 is 0 Å². The zero-order valence-corrected chi connectivity index (χ0v) is 17.6. The summed E-state index contributed by atoms with van der Waals surface area (Å²) in [5.74, 6) is 1.80. The van der Waals surface area contributed by atoms with Crippen LogP contribution in [-0.4, -0.2) is 74.7 Å². The number of aliphatic imine (C=N–C) groups is 1. The zero-order valence-electron chi connectivity index (χ0n) is 17.6. The topological polar surface area (TPSA) is 52.1 Å². The molecule has 0 spiro atoms. The van der Waals surface area contributed by atoms with Crippen LogP contribution in [0.25, 0.3) is 0 Å². The molecule has 1 aliphatic rings. The van der Waals surface area contributed by atoms with Crippen LogP contribution in [0.2, 0.25) is 0 Å². The van der Waals surface area contributed by atoms with Gasteiger partial charge in [0, 0.05) is 51.4 Å². The van der Waals surface area contributed by atoms with Gasteiger partial charge in [-0.25, -0.2) is 4.99 Å². The van der Waals surface area contributed by atoms with Crippen LogP contribution in [0.15, 0.2) is 23.2 Å². The Bertz CT molecular complexity index is 582. The van der Waals surface area contributed by atoms with Crippen LogP contribution in [0.5, 0.6) is 5.75 Å². The molecule has 1 aromatic carbocycles. The Morgan fingerprint density at radius 2 is 1.81 bits per heavy atom. The molecule has 1 fully saturated rings. The molecule has 1 heterocycles. The minimum atomic E-state index is 0.611. The minimum absolute atomic E-state index is 0.611. The van der Waals surface area contributed by atoms with Crippen LogP contribution in [0.3, 0.4) is 0 Å². The Morgan fingerprint density at radius 1 is 1.07 bits per heavy atom. The molecular formula is C21H37N5O. The van der Waals surface area contributed by atoms with Crippen LogP contribution in [0.4, 0.5) is 0 Å². The Kier molecular flexibility index (Phi) is 9.42. The van der Waals surface area contributed by atoms with Crippen molar-refractivity contribution in [2.45, 2.75) is 34.2 Å². The van der Waals surface area contributed by atoms with Gasteiger partial charge in [-0.15, -0.1) is 0 Å². The molecule has 0 unspecified atom stereocenters. The number of piperazine rings is 1. The van der Waals surface area contributed by atoms with Crippen LogP contribution < -0.4 is 15.4 Å².